The number of halogens is 4. The SMILES string of the molecule is CC1(C)COC2(CC(C(=O)O)(C(F)(F)F)C2)c2c1n(-c1ccc(F)cc1)c1cccc(O)c21. The van der Waals surface area contributed by atoms with E-state index in [0.717, 1.165) is 0 Å². The van der Waals surface area contributed by atoms with Crippen molar-refractivity contribution in [1.82, 2.24) is 4.57 Å². The highest BCUT2D eigenvalue weighted by Crippen LogP contribution is 2.67. The van der Waals surface area contributed by atoms with Crippen LogP contribution in [-0.2, 0) is 20.5 Å². The number of phenols is 1. The van der Waals surface area contributed by atoms with Crippen molar-refractivity contribution in [2.75, 3.05) is 6.61 Å². The van der Waals surface area contributed by atoms with Gasteiger partial charge in [-0.1, -0.05) is 19.9 Å². The van der Waals surface area contributed by atoms with Gasteiger partial charge in [0.1, 0.15) is 11.6 Å². The first-order valence-electron chi connectivity index (χ1n) is 10.4. The molecule has 0 bridgehead atoms. The third-order valence-corrected chi connectivity index (χ3v) is 6.99. The average Bonchev–Trinajstić information content (AvgIpc) is 3.05. The molecule has 5 rings (SSSR count). The molecule has 3 aromatic rings. The molecule has 5 nitrogen and oxygen atoms in total. The van der Waals surface area contributed by atoms with Crippen LogP contribution in [0.4, 0.5) is 17.6 Å². The van der Waals surface area contributed by atoms with E-state index in [0.29, 0.717) is 27.8 Å². The number of ether oxygens (including phenoxy) is 1. The number of phenolic OH excluding ortho intramolecular Hbond substituents is 1. The second-order valence-electron chi connectivity index (χ2n) is 9.61. The van der Waals surface area contributed by atoms with Crippen molar-refractivity contribution in [2.24, 2.45) is 5.41 Å². The van der Waals surface area contributed by atoms with E-state index in [1.54, 1.807) is 28.8 Å². The fraction of sp³-hybridized carbons (Fsp3) is 0.375. The van der Waals surface area contributed by atoms with Crippen LogP contribution in [-0.4, -0.2) is 33.5 Å². The quantitative estimate of drug-likeness (QED) is 0.499. The van der Waals surface area contributed by atoms with Gasteiger partial charge >= 0.3 is 12.1 Å². The molecule has 33 heavy (non-hydrogen) atoms. The number of nitrogens with zero attached hydrogens (tertiary/aromatic N) is 1. The number of carboxylic acid groups (broad SMARTS) is 1. The summed E-state index contributed by atoms with van der Waals surface area (Å²) in [6.45, 7) is 3.77. The summed E-state index contributed by atoms with van der Waals surface area (Å²) in [5.74, 6) is -2.53. The molecule has 2 N–H and O–H groups in total. The average molecular weight is 463 g/mol. The molecule has 2 aliphatic rings. The van der Waals surface area contributed by atoms with Crippen LogP contribution >= 0.6 is 0 Å². The lowest BCUT2D eigenvalue weighted by molar-refractivity contribution is -0.307. The van der Waals surface area contributed by atoms with Crippen LogP contribution in [0.1, 0.15) is 37.9 Å². The zero-order valence-electron chi connectivity index (χ0n) is 17.8. The van der Waals surface area contributed by atoms with Gasteiger partial charge in [0.15, 0.2) is 5.41 Å². The molecule has 1 aliphatic heterocycles. The zero-order valence-corrected chi connectivity index (χ0v) is 17.8. The molecular formula is C24H21F4NO4. The molecule has 1 aromatic heterocycles. The third kappa shape index (κ3) is 2.78. The number of carbonyl (C=O) groups is 1. The van der Waals surface area contributed by atoms with Crippen molar-refractivity contribution in [3.8, 4) is 11.4 Å². The Morgan fingerprint density at radius 3 is 2.30 bits per heavy atom. The van der Waals surface area contributed by atoms with Gasteiger partial charge in [0.05, 0.1) is 17.7 Å². The van der Waals surface area contributed by atoms with Gasteiger partial charge in [-0.05, 0) is 36.4 Å². The van der Waals surface area contributed by atoms with E-state index in [9.17, 15) is 32.6 Å². The molecular weight excluding hydrogens is 442 g/mol. The van der Waals surface area contributed by atoms with Crippen molar-refractivity contribution in [3.63, 3.8) is 0 Å². The number of aliphatic carboxylic acids is 1. The van der Waals surface area contributed by atoms with Gasteiger partial charge in [-0.2, -0.15) is 13.2 Å². The maximum Gasteiger partial charge on any atom is 0.405 e. The van der Waals surface area contributed by atoms with Gasteiger partial charge < -0.3 is 19.5 Å². The number of fused-ring (bicyclic) bond motifs is 4. The predicted octanol–water partition coefficient (Wildman–Crippen LogP) is 5.41. The number of aromatic hydroxyl groups is 1. The molecule has 0 amide bonds. The number of hydrogen-bond acceptors (Lipinski definition) is 3. The van der Waals surface area contributed by atoms with Crippen LogP contribution in [0.5, 0.6) is 5.75 Å². The van der Waals surface area contributed by atoms with E-state index < -0.39 is 47.2 Å². The highest BCUT2D eigenvalue weighted by Gasteiger charge is 2.75. The first-order chi connectivity index (χ1) is 15.3. The number of rotatable bonds is 2. The Bertz CT molecular complexity index is 1280. The van der Waals surface area contributed by atoms with E-state index in [1.165, 1.54) is 18.2 Å². The van der Waals surface area contributed by atoms with E-state index in [1.807, 2.05) is 13.8 Å². The molecule has 0 saturated heterocycles. The van der Waals surface area contributed by atoms with Crippen molar-refractivity contribution in [2.45, 2.75) is 43.9 Å². The largest absolute Gasteiger partial charge is 0.507 e. The summed E-state index contributed by atoms with van der Waals surface area (Å²) in [4.78, 5) is 11.7. The van der Waals surface area contributed by atoms with Gasteiger partial charge in [-0.25, -0.2) is 4.39 Å². The van der Waals surface area contributed by atoms with E-state index in [4.69, 9.17) is 4.74 Å². The monoisotopic (exact) mass is 463 g/mol. The molecule has 2 aromatic carbocycles. The van der Waals surface area contributed by atoms with Gasteiger partial charge in [0, 0.05) is 40.6 Å². The fourth-order valence-electron chi connectivity index (χ4n) is 5.40. The normalized spacial score (nSPS) is 26.2. The first kappa shape index (κ1) is 21.8. The molecule has 1 fully saturated rings. The predicted molar refractivity (Wildman–Crippen MR) is 111 cm³/mol. The molecule has 1 aliphatic carbocycles. The summed E-state index contributed by atoms with van der Waals surface area (Å²) in [6, 6.07) is 10.4. The summed E-state index contributed by atoms with van der Waals surface area (Å²) in [7, 11) is 0. The van der Waals surface area contributed by atoms with E-state index in [-0.39, 0.29) is 12.4 Å². The summed E-state index contributed by atoms with van der Waals surface area (Å²) in [6.07, 6.45) is -6.55. The van der Waals surface area contributed by atoms with Crippen LogP contribution in [0.2, 0.25) is 0 Å². The second-order valence-corrected chi connectivity index (χ2v) is 9.61. The maximum absolute atomic E-state index is 13.8. The molecule has 1 saturated carbocycles. The van der Waals surface area contributed by atoms with Gasteiger partial charge in [0.2, 0.25) is 0 Å². The molecule has 2 heterocycles. The molecule has 0 radical (unpaired) electrons. The number of carboxylic acids is 1. The number of hydrogen-bond donors (Lipinski definition) is 2. The molecule has 9 heteroatoms. The third-order valence-electron chi connectivity index (χ3n) is 6.99. The Morgan fingerprint density at radius 1 is 1.09 bits per heavy atom. The topological polar surface area (TPSA) is 71.7 Å². The Kier molecular flexibility index (Phi) is 4.28. The Balaban J connectivity index is 1.83. The summed E-state index contributed by atoms with van der Waals surface area (Å²) in [5.41, 5.74) is -3.10. The van der Waals surface area contributed by atoms with Crippen molar-refractivity contribution in [3.05, 3.63) is 59.5 Å². The lowest BCUT2D eigenvalue weighted by atomic mass is 9.54. The van der Waals surface area contributed by atoms with Crippen LogP contribution in [0, 0.1) is 11.2 Å². The highest BCUT2D eigenvalue weighted by atomic mass is 19.4. The Labute approximate surface area is 186 Å². The summed E-state index contributed by atoms with van der Waals surface area (Å²) < 4.78 is 63.0. The van der Waals surface area contributed by atoms with E-state index >= 15 is 0 Å². The molecule has 1 spiro atoms. The van der Waals surface area contributed by atoms with Crippen molar-refractivity contribution in [1.29, 1.82) is 0 Å². The van der Waals surface area contributed by atoms with Crippen LogP contribution in [0.3, 0.4) is 0 Å². The zero-order chi connectivity index (χ0) is 24.0. The van der Waals surface area contributed by atoms with Crippen LogP contribution < -0.4 is 0 Å². The fourth-order valence-corrected chi connectivity index (χ4v) is 5.40. The number of benzene rings is 2. The summed E-state index contributed by atoms with van der Waals surface area (Å²) >= 11 is 0. The minimum absolute atomic E-state index is 0.0475. The first-order valence-corrected chi connectivity index (χ1v) is 10.4. The number of alkyl halides is 3. The standard InChI is InChI=1S/C24H21F4NO4/c1-21(2)12-33-23(10-22(11-23,20(31)32)24(26,27)28)18-17-15(4-3-5-16(17)30)29(19(18)21)14-8-6-13(25)7-9-14/h3-9,30H,10-12H2,1-2H3,(H,31,32). The smallest absolute Gasteiger partial charge is 0.405 e. The van der Waals surface area contributed by atoms with Crippen LogP contribution in [0.25, 0.3) is 16.6 Å². The number of aromatic nitrogens is 1. The maximum atomic E-state index is 13.8. The second kappa shape index (κ2) is 6.50. The molecule has 174 valence electrons. The highest BCUT2D eigenvalue weighted by molar-refractivity contribution is 5.94. The Morgan fingerprint density at radius 2 is 1.73 bits per heavy atom. The lowest BCUT2D eigenvalue weighted by Crippen LogP contribution is -2.64. The Hall–Kier alpha value is -3.07. The lowest BCUT2D eigenvalue weighted by Gasteiger charge is -2.57. The van der Waals surface area contributed by atoms with E-state index in [2.05, 4.69) is 0 Å². The summed E-state index contributed by atoms with van der Waals surface area (Å²) in [5, 5.41) is 20.6. The molecule has 0 unspecified atom stereocenters. The van der Waals surface area contributed by atoms with Gasteiger partial charge in [-0.15, -0.1) is 0 Å². The van der Waals surface area contributed by atoms with Gasteiger partial charge in [-0.3, -0.25) is 4.79 Å². The molecule has 0 atom stereocenters. The van der Waals surface area contributed by atoms with Crippen molar-refractivity contribution >= 4 is 16.9 Å². The van der Waals surface area contributed by atoms with Gasteiger partial charge in [0.25, 0.3) is 0 Å². The minimum atomic E-state index is -4.96. The van der Waals surface area contributed by atoms with Crippen molar-refractivity contribution < 1.29 is 37.3 Å². The minimum Gasteiger partial charge on any atom is -0.507 e. The van der Waals surface area contributed by atoms with Crippen LogP contribution in [0.15, 0.2) is 42.5 Å².